The van der Waals surface area contributed by atoms with E-state index in [0.29, 0.717) is 27.5 Å². The van der Waals surface area contributed by atoms with Gasteiger partial charge in [0.1, 0.15) is 10.8 Å². The van der Waals surface area contributed by atoms with Crippen molar-refractivity contribution in [3.63, 3.8) is 0 Å². The Morgan fingerprint density at radius 3 is 2.47 bits per heavy atom. The summed E-state index contributed by atoms with van der Waals surface area (Å²) in [6, 6.07) is 8.08. The van der Waals surface area contributed by atoms with Crippen molar-refractivity contribution in [2.24, 2.45) is 7.05 Å². The van der Waals surface area contributed by atoms with Crippen molar-refractivity contribution in [3.8, 4) is 5.75 Å². The maximum Gasteiger partial charge on any atom is 0.341 e. The number of carbonyl (C=O) groups is 2. The minimum Gasteiger partial charge on any atom is -0.483 e. The summed E-state index contributed by atoms with van der Waals surface area (Å²) in [4.78, 5) is 26.7. The van der Waals surface area contributed by atoms with Crippen LogP contribution in [0.5, 0.6) is 5.75 Å². The molecule has 1 N–H and O–H groups in total. The van der Waals surface area contributed by atoms with Gasteiger partial charge in [0.15, 0.2) is 17.1 Å². The molecule has 0 bridgehead atoms. The molecular formula is C28H36N4O4S2. The van der Waals surface area contributed by atoms with Gasteiger partial charge >= 0.3 is 5.97 Å². The topological polar surface area (TPSA) is 95.3 Å². The lowest BCUT2D eigenvalue weighted by Gasteiger charge is -2.15. The molecule has 204 valence electrons. The number of nitrogens with one attached hydrogen (secondary N) is 1. The van der Waals surface area contributed by atoms with Crippen LogP contribution in [-0.4, -0.2) is 39.5 Å². The van der Waals surface area contributed by atoms with Gasteiger partial charge in [-0.25, -0.2) is 4.79 Å². The minimum atomic E-state index is -0.392. The van der Waals surface area contributed by atoms with Gasteiger partial charge in [-0.2, -0.15) is 0 Å². The van der Waals surface area contributed by atoms with E-state index in [1.165, 1.54) is 47.1 Å². The molecule has 1 unspecified atom stereocenters. The molecule has 0 fully saturated rings. The molecule has 8 nitrogen and oxygen atoms in total. The molecule has 1 atom stereocenters. The third-order valence-electron chi connectivity index (χ3n) is 6.74. The highest BCUT2D eigenvalue weighted by Crippen LogP contribution is 2.37. The first-order valence-corrected chi connectivity index (χ1v) is 14.9. The van der Waals surface area contributed by atoms with Crippen LogP contribution in [0.2, 0.25) is 0 Å². The van der Waals surface area contributed by atoms with Crippen molar-refractivity contribution in [2.75, 3.05) is 18.2 Å². The number of thioether (sulfide) groups is 1. The van der Waals surface area contributed by atoms with Gasteiger partial charge in [0.05, 0.1) is 18.4 Å². The van der Waals surface area contributed by atoms with E-state index in [-0.39, 0.29) is 17.8 Å². The fourth-order valence-electron chi connectivity index (χ4n) is 4.61. The van der Waals surface area contributed by atoms with Gasteiger partial charge in [-0.3, -0.25) is 4.79 Å². The smallest absolute Gasteiger partial charge is 0.341 e. The number of nitrogens with zero attached hydrogens (tertiary/aromatic N) is 3. The van der Waals surface area contributed by atoms with Crippen LogP contribution in [0.15, 0.2) is 29.4 Å². The van der Waals surface area contributed by atoms with E-state index in [1.807, 2.05) is 30.7 Å². The lowest BCUT2D eigenvalue weighted by atomic mass is 9.96. The van der Waals surface area contributed by atoms with Gasteiger partial charge in [0.2, 0.25) is 5.91 Å². The first-order valence-electron chi connectivity index (χ1n) is 13.1. The number of esters is 1. The predicted molar refractivity (Wildman–Crippen MR) is 151 cm³/mol. The number of benzene rings is 1. The van der Waals surface area contributed by atoms with E-state index in [9.17, 15) is 9.59 Å². The molecule has 1 aromatic carbocycles. The molecule has 4 rings (SSSR count). The van der Waals surface area contributed by atoms with Crippen molar-refractivity contribution >= 4 is 40.0 Å². The zero-order valence-corrected chi connectivity index (χ0v) is 24.3. The number of hydrogen-bond acceptors (Lipinski definition) is 8. The second-order valence-corrected chi connectivity index (χ2v) is 11.9. The molecule has 1 aliphatic rings. The number of aromatic nitrogens is 3. The fourth-order valence-corrected chi connectivity index (χ4v) is 6.62. The number of amides is 1. The highest BCUT2D eigenvalue weighted by Gasteiger charge is 2.26. The molecule has 1 aliphatic carbocycles. The average Bonchev–Trinajstić information content (AvgIpc) is 3.41. The van der Waals surface area contributed by atoms with Gasteiger partial charge in [-0.1, -0.05) is 50.6 Å². The molecule has 2 heterocycles. The lowest BCUT2D eigenvalue weighted by Crippen LogP contribution is -2.17. The van der Waals surface area contributed by atoms with Crippen molar-refractivity contribution < 1.29 is 19.1 Å². The number of carbonyl (C=O) groups excluding carboxylic acids is 2. The van der Waals surface area contributed by atoms with Crippen LogP contribution in [0, 0.1) is 0 Å². The summed E-state index contributed by atoms with van der Waals surface area (Å²) in [5.41, 5.74) is 2.81. The highest BCUT2D eigenvalue weighted by molar-refractivity contribution is 7.99. The Labute approximate surface area is 232 Å². The quantitative estimate of drug-likeness (QED) is 0.243. The summed E-state index contributed by atoms with van der Waals surface area (Å²) in [5, 5.41) is 12.7. The Morgan fingerprint density at radius 2 is 1.79 bits per heavy atom. The molecule has 1 amide bonds. The van der Waals surface area contributed by atoms with Gasteiger partial charge in [0, 0.05) is 11.9 Å². The van der Waals surface area contributed by atoms with Gasteiger partial charge in [0.25, 0.3) is 0 Å². The number of anilines is 1. The summed E-state index contributed by atoms with van der Waals surface area (Å²) in [6.07, 6.45) is 5.93. The number of aryl methyl sites for hydroxylation is 1. The molecule has 0 saturated carbocycles. The van der Waals surface area contributed by atoms with Crippen molar-refractivity contribution in [1.82, 2.24) is 14.8 Å². The first kappa shape index (κ1) is 28.2. The van der Waals surface area contributed by atoms with Crippen LogP contribution < -0.4 is 10.1 Å². The maximum absolute atomic E-state index is 12.9. The van der Waals surface area contributed by atoms with Gasteiger partial charge in [-0.05, 0) is 61.8 Å². The highest BCUT2D eigenvalue weighted by atomic mass is 32.2. The second kappa shape index (κ2) is 12.8. The number of methoxy groups -OCH3 is 1. The van der Waals surface area contributed by atoms with Gasteiger partial charge in [-0.15, -0.1) is 21.5 Å². The van der Waals surface area contributed by atoms with Crippen molar-refractivity contribution in [3.05, 3.63) is 51.7 Å². The molecule has 0 aliphatic heterocycles. The number of rotatable bonds is 9. The molecule has 3 aromatic rings. The lowest BCUT2D eigenvalue weighted by molar-refractivity contribution is -0.113. The molecule has 2 aromatic heterocycles. The van der Waals surface area contributed by atoms with Crippen LogP contribution >= 0.6 is 23.1 Å². The normalized spacial score (nSPS) is 14.4. The van der Waals surface area contributed by atoms with Crippen LogP contribution in [0.4, 0.5) is 5.00 Å². The van der Waals surface area contributed by atoms with E-state index >= 15 is 0 Å². The third-order valence-corrected chi connectivity index (χ3v) is 8.97. The SMILES string of the molecule is COC(=O)c1c(NC(=O)CSc2nnc(C(C)Oc3ccc(C(C)C)cc3)n2C)sc2c1CCCCCC2. The standard InChI is InChI=1S/C28H36N4O4S2/c1-17(2)19-12-14-20(15-13-19)36-18(3)25-30-31-28(32(25)4)37-16-23(33)29-26-24(27(34)35-5)21-10-8-6-7-9-11-22(21)38-26/h12-15,17-18H,6-11,16H2,1-5H3,(H,29,33). The summed E-state index contributed by atoms with van der Waals surface area (Å²) in [6.45, 7) is 6.25. The molecule has 0 saturated heterocycles. The Bertz CT molecular complexity index is 1270. The maximum atomic E-state index is 12.9. The van der Waals surface area contributed by atoms with Gasteiger partial charge < -0.3 is 19.4 Å². The first-order chi connectivity index (χ1) is 18.3. The van der Waals surface area contributed by atoms with Crippen LogP contribution in [0.25, 0.3) is 0 Å². The van der Waals surface area contributed by atoms with E-state index in [2.05, 4.69) is 41.5 Å². The Kier molecular flexibility index (Phi) is 9.49. The summed E-state index contributed by atoms with van der Waals surface area (Å²) < 4.78 is 13.0. The largest absolute Gasteiger partial charge is 0.483 e. The van der Waals surface area contributed by atoms with Crippen molar-refractivity contribution in [1.29, 1.82) is 0 Å². The molecule has 0 spiro atoms. The zero-order chi connectivity index (χ0) is 27.2. The second-order valence-electron chi connectivity index (χ2n) is 9.83. The molecule has 10 heteroatoms. The zero-order valence-electron chi connectivity index (χ0n) is 22.7. The Morgan fingerprint density at radius 1 is 1.08 bits per heavy atom. The van der Waals surface area contributed by atoms with E-state index < -0.39 is 5.97 Å². The fraction of sp³-hybridized carbons (Fsp3) is 0.500. The number of ether oxygens (including phenoxy) is 2. The number of thiophene rings is 1. The number of hydrogen-bond donors (Lipinski definition) is 1. The monoisotopic (exact) mass is 556 g/mol. The molecule has 38 heavy (non-hydrogen) atoms. The van der Waals surface area contributed by atoms with E-state index in [1.54, 1.807) is 0 Å². The van der Waals surface area contributed by atoms with Crippen LogP contribution in [0.3, 0.4) is 0 Å². The van der Waals surface area contributed by atoms with E-state index in [0.717, 1.165) is 43.4 Å². The average molecular weight is 557 g/mol. The van der Waals surface area contributed by atoms with Crippen LogP contribution in [0.1, 0.15) is 90.7 Å². The van der Waals surface area contributed by atoms with E-state index in [4.69, 9.17) is 9.47 Å². The number of fused-ring (bicyclic) bond motifs is 1. The third kappa shape index (κ3) is 6.58. The molecule has 0 radical (unpaired) electrons. The Hall–Kier alpha value is -2.85. The summed E-state index contributed by atoms with van der Waals surface area (Å²) in [7, 11) is 3.25. The predicted octanol–water partition coefficient (Wildman–Crippen LogP) is 6.32. The van der Waals surface area contributed by atoms with Crippen molar-refractivity contribution in [2.45, 2.75) is 76.5 Å². The Balaban J connectivity index is 1.39. The van der Waals surface area contributed by atoms with Crippen LogP contribution in [-0.2, 0) is 29.4 Å². The molecular weight excluding hydrogens is 520 g/mol. The summed E-state index contributed by atoms with van der Waals surface area (Å²) >= 11 is 2.80. The minimum absolute atomic E-state index is 0.140. The summed E-state index contributed by atoms with van der Waals surface area (Å²) in [5.74, 6) is 1.45.